The van der Waals surface area contributed by atoms with E-state index in [9.17, 15) is 9.59 Å². The van der Waals surface area contributed by atoms with Gasteiger partial charge in [-0.25, -0.2) is 0 Å². The summed E-state index contributed by atoms with van der Waals surface area (Å²) in [6.07, 6.45) is -0.615. The second kappa shape index (κ2) is 7.81. The fraction of sp³-hybridized carbons (Fsp3) is 0.217. The molecule has 29 heavy (non-hydrogen) atoms. The third kappa shape index (κ3) is 3.24. The van der Waals surface area contributed by atoms with Crippen molar-refractivity contribution in [1.29, 1.82) is 0 Å². The minimum Gasteiger partial charge on any atom is -0.361 e. The van der Waals surface area contributed by atoms with Gasteiger partial charge in [0, 0.05) is 29.0 Å². The Morgan fingerprint density at radius 3 is 2.48 bits per heavy atom. The maximum absolute atomic E-state index is 12.8. The number of hydrogen-bond acceptors (Lipinski definition) is 4. The zero-order valence-electron chi connectivity index (χ0n) is 16.2. The molecule has 1 unspecified atom stereocenters. The van der Waals surface area contributed by atoms with Gasteiger partial charge in [-0.2, -0.15) is 0 Å². The van der Waals surface area contributed by atoms with E-state index >= 15 is 0 Å². The molecule has 0 fully saturated rings. The Morgan fingerprint density at radius 2 is 1.79 bits per heavy atom. The number of ether oxygens (including phenoxy) is 1. The maximum Gasteiger partial charge on any atom is 0.253 e. The highest BCUT2D eigenvalue weighted by Gasteiger charge is 2.51. The van der Waals surface area contributed by atoms with E-state index in [1.54, 1.807) is 30.6 Å². The third-order valence-electron chi connectivity index (χ3n) is 5.52. The molecule has 1 aliphatic rings. The fourth-order valence-corrected chi connectivity index (χ4v) is 5.03. The summed E-state index contributed by atoms with van der Waals surface area (Å²) in [6.45, 7) is 1.99. The molecule has 0 aliphatic carbocycles. The first-order chi connectivity index (χ1) is 14.1. The van der Waals surface area contributed by atoms with Gasteiger partial charge >= 0.3 is 0 Å². The summed E-state index contributed by atoms with van der Waals surface area (Å²) in [5, 5.41) is 8.17. The van der Waals surface area contributed by atoms with Crippen LogP contribution in [0.15, 0.2) is 72.1 Å². The maximum atomic E-state index is 12.8. The van der Waals surface area contributed by atoms with Crippen molar-refractivity contribution in [2.24, 2.45) is 5.92 Å². The summed E-state index contributed by atoms with van der Waals surface area (Å²) in [7, 11) is 1.57. The van der Waals surface area contributed by atoms with Gasteiger partial charge in [0.2, 0.25) is 0 Å². The summed E-state index contributed by atoms with van der Waals surface area (Å²) in [5.41, 5.74) is 1.32. The first kappa shape index (κ1) is 19.4. The van der Waals surface area contributed by atoms with Gasteiger partial charge in [0.25, 0.3) is 11.8 Å². The Hall–Kier alpha value is -2.96. The van der Waals surface area contributed by atoms with Crippen LogP contribution >= 0.6 is 11.3 Å². The predicted molar refractivity (Wildman–Crippen MR) is 113 cm³/mol. The Kier molecular flexibility index (Phi) is 5.22. The van der Waals surface area contributed by atoms with Gasteiger partial charge < -0.3 is 15.4 Å². The lowest BCUT2D eigenvalue weighted by Gasteiger charge is -2.39. The summed E-state index contributed by atoms with van der Waals surface area (Å²) < 4.78 is 5.71. The summed E-state index contributed by atoms with van der Waals surface area (Å²) in [5.74, 6) is -0.611. The molecule has 148 valence electrons. The number of rotatable bonds is 6. The molecule has 0 radical (unpaired) electrons. The molecule has 0 spiro atoms. The molecule has 1 aromatic heterocycles. The molecule has 0 bridgehead atoms. The number of carbonyl (C=O) groups excluding carboxylic acids is 2. The van der Waals surface area contributed by atoms with Crippen molar-refractivity contribution in [2.75, 3.05) is 7.11 Å². The number of fused-ring (bicyclic) bond motifs is 1. The zero-order chi connectivity index (χ0) is 20.4. The molecule has 2 aromatic carbocycles. The van der Waals surface area contributed by atoms with Crippen LogP contribution in [0, 0.1) is 5.92 Å². The smallest absolute Gasteiger partial charge is 0.253 e. The quantitative estimate of drug-likeness (QED) is 0.613. The van der Waals surface area contributed by atoms with Crippen LogP contribution in [0.4, 0.5) is 0 Å². The van der Waals surface area contributed by atoms with Crippen LogP contribution in [0.1, 0.15) is 38.1 Å². The molecule has 6 heteroatoms. The molecule has 3 atom stereocenters. The van der Waals surface area contributed by atoms with Crippen LogP contribution in [0.5, 0.6) is 0 Å². The lowest BCUT2D eigenvalue weighted by atomic mass is 9.77. The third-order valence-corrected chi connectivity index (χ3v) is 6.52. The van der Waals surface area contributed by atoms with E-state index in [1.807, 2.05) is 66.9 Å². The van der Waals surface area contributed by atoms with Gasteiger partial charge in [0.1, 0.15) is 11.8 Å². The first-order valence-electron chi connectivity index (χ1n) is 9.42. The van der Waals surface area contributed by atoms with Crippen LogP contribution in [0.2, 0.25) is 0 Å². The molecular weight excluding hydrogens is 384 g/mol. The predicted octanol–water partition coefficient (Wildman–Crippen LogP) is 3.77. The lowest BCUT2D eigenvalue weighted by molar-refractivity contribution is 0.00529. The van der Waals surface area contributed by atoms with Crippen molar-refractivity contribution in [3.8, 4) is 0 Å². The molecule has 4 rings (SSSR count). The van der Waals surface area contributed by atoms with Crippen molar-refractivity contribution in [2.45, 2.75) is 18.7 Å². The van der Waals surface area contributed by atoms with Crippen LogP contribution in [-0.2, 0) is 10.3 Å². The van der Waals surface area contributed by atoms with Gasteiger partial charge in [-0.15, -0.1) is 11.3 Å². The summed E-state index contributed by atoms with van der Waals surface area (Å²) in [4.78, 5) is 26.6. The molecule has 2 heterocycles. The normalized spacial score (nSPS) is 19.9. The number of carbonyl (C=O) groups is 2. The van der Waals surface area contributed by atoms with Crippen LogP contribution in [-0.4, -0.2) is 25.2 Å². The summed E-state index contributed by atoms with van der Waals surface area (Å²) in [6, 6.07) is 20.6. The van der Waals surface area contributed by atoms with Crippen LogP contribution < -0.4 is 10.6 Å². The largest absolute Gasteiger partial charge is 0.361 e. The van der Waals surface area contributed by atoms with Crippen molar-refractivity contribution < 1.29 is 14.3 Å². The van der Waals surface area contributed by atoms with E-state index in [0.29, 0.717) is 11.1 Å². The number of benzene rings is 2. The first-order valence-corrected chi connectivity index (χ1v) is 10.3. The van der Waals surface area contributed by atoms with Crippen molar-refractivity contribution >= 4 is 23.2 Å². The van der Waals surface area contributed by atoms with E-state index in [2.05, 4.69) is 10.6 Å². The highest BCUT2D eigenvalue weighted by atomic mass is 32.1. The second-order valence-corrected chi connectivity index (χ2v) is 8.02. The monoisotopic (exact) mass is 406 g/mol. The van der Waals surface area contributed by atoms with Crippen LogP contribution in [0.3, 0.4) is 0 Å². The number of amides is 2. The SMILES string of the molecule is COC(NC(=O)c1ccccc1)[C@H](C)[C@@]1(c2cccs2)NC(=O)c2ccccc21. The molecule has 1 aliphatic heterocycles. The molecule has 3 aromatic rings. The average molecular weight is 407 g/mol. The molecule has 0 saturated carbocycles. The number of hydrogen-bond donors (Lipinski definition) is 2. The van der Waals surface area contributed by atoms with Gasteiger partial charge in [-0.1, -0.05) is 49.4 Å². The summed E-state index contributed by atoms with van der Waals surface area (Å²) >= 11 is 1.57. The molecular formula is C23H22N2O3S. The number of methoxy groups -OCH3 is 1. The van der Waals surface area contributed by atoms with Gasteiger partial charge in [-0.3, -0.25) is 9.59 Å². The molecule has 0 saturated heterocycles. The van der Waals surface area contributed by atoms with E-state index in [1.165, 1.54) is 0 Å². The minimum absolute atomic E-state index is 0.120. The highest BCUT2D eigenvalue weighted by Crippen LogP contribution is 2.45. The van der Waals surface area contributed by atoms with E-state index in [0.717, 1.165) is 10.4 Å². The topological polar surface area (TPSA) is 67.4 Å². The van der Waals surface area contributed by atoms with Crippen LogP contribution in [0.25, 0.3) is 0 Å². The van der Waals surface area contributed by atoms with Crippen molar-refractivity contribution in [3.05, 3.63) is 93.7 Å². The van der Waals surface area contributed by atoms with Gasteiger partial charge in [0.05, 0.1) is 0 Å². The van der Waals surface area contributed by atoms with E-state index < -0.39 is 11.8 Å². The van der Waals surface area contributed by atoms with E-state index in [-0.39, 0.29) is 17.7 Å². The molecule has 5 nitrogen and oxygen atoms in total. The fourth-order valence-electron chi connectivity index (χ4n) is 4.04. The number of thiophene rings is 1. The second-order valence-electron chi connectivity index (χ2n) is 7.07. The Morgan fingerprint density at radius 1 is 1.07 bits per heavy atom. The minimum atomic E-state index is -0.785. The van der Waals surface area contributed by atoms with E-state index in [4.69, 9.17) is 4.74 Å². The Bertz CT molecular complexity index is 1020. The Balaban J connectivity index is 1.74. The van der Waals surface area contributed by atoms with Crippen molar-refractivity contribution in [3.63, 3.8) is 0 Å². The Labute approximate surface area is 173 Å². The van der Waals surface area contributed by atoms with Gasteiger partial charge in [0.15, 0.2) is 0 Å². The molecule has 2 amide bonds. The average Bonchev–Trinajstić information content (AvgIpc) is 3.40. The number of nitrogens with one attached hydrogen (secondary N) is 2. The molecule has 2 N–H and O–H groups in total. The zero-order valence-corrected chi connectivity index (χ0v) is 17.0. The standard InChI is InChI=1S/C23H22N2O3S/c1-15(22(28-2)24-20(26)16-9-4-3-5-10-16)23(19-13-8-14-29-19)18-12-7-6-11-17(18)21(27)25-23/h3-15,22H,1-2H3,(H,24,26)(H,25,27)/t15-,22?,23+/m0/s1. The van der Waals surface area contributed by atoms with Crippen molar-refractivity contribution in [1.82, 2.24) is 10.6 Å². The lowest BCUT2D eigenvalue weighted by Crippen LogP contribution is -2.54. The van der Waals surface area contributed by atoms with Gasteiger partial charge in [-0.05, 0) is 35.2 Å². The highest BCUT2D eigenvalue weighted by molar-refractivity contribution is 7.10.